The Labute approximate surface area is 96.5 Å². The first-order valence-corrected chi connectivity index (χ1v) is 6.14. The molecule has 0 radical (unpaired) electrons. The molecule has 1 fully saturated rings. The number of fused-ring (bicyclic) bond motifs is 3. The average Bonchev–Trinajstić information content (AvgIpc) is 2.37. The second kappa shape index (κ2) is 3.83. The van der Waals surface area contributed by atoms with Crippen LogP contribution in [0.15, 0.2) is 24.3 Å². The van der Waals surface area contributed by atoms with Gasteiger partial charge in [0.15, 0.2) is 6.19 Å². The highest BCUT2D eigenvalue weighted by Gasteiger charge is 2.35. The first-order chi connectivity index (χ1) is 7.90. The Morgan fingerprint density at radius 3 is 3.00 bits per heavy atom. The SMILES string of the molecule is N#CN1CCC[C@@H]2c3ccccc3CC[C@@H]21. The Morgan fingerprint density at radius 2 is 2.12 bits per heavy atom. The van der Waals surface area contributed by atoms with Crippen molar-refractivity contribution in [2.45, 2.75) is 37.6 Å². The maximum Gasteiger partial charge on any atom is 0.179 e. The van der Waals surface area contributed by atoms with Gasteiger partial charge in [0.1, 0.15) is 0 Å². The molecule has 1 aliphatic carbocycles. The van der Waals surface area contributed by atoms with Crippen LogP contribution in [0, 0.1) is 11.5 Å². The fraction of sp³-hybridized carbons (Fsp3) is 0.500. The van der Waals surface area contributed by atoms with Gasteiger partial charge < -0.3 is 4.90 Å². The van der Waals surface area contributed by atoms with Crippen LogP contribution in [0.2, 0.25) is 0 Å². The maximum absolute atomic E-state index is 9.15. The van der Waals surface area contributed by atoms with Crippen molar-refractivity contribution in [2.24, 2.45) is 0 Å². The quantitative estimate of drug-likeness (QED) is 0.618. The first kappa shape index (κ1) is 9.72. The summed E-state index contributed by atoms with van der Waals surface area (Å²) in [6.45, 7) is 0.958. The number of aryl methyl sites for hydroxylation is 1. The highest BCUT2D eigenvalue weighted by molar-refractivity contribution is 5.35. The van der Waals surface area contributed by atoms with Crippen LogP contribution in [0.3, 0.4) is 0 Å². The smallest absolute Gasteiger partial charge is 0.179 e. The molecule has 3 rings (SSSR count). The number of nitriles is 1. The highest BCUT2D eigenvalue weighted by atomic mass is 15.2. The lowest BCUT2D eigenvalue weighted by Crippen LogP contribution is -2.43. The predicted molar refractivity (Wildman–Crippen MR) is 62.8 cm³/mol. The summed E-state index contributed by atoms with van der Waals surface area (Å²) in [6, 6.07) is 9.23. The topological polar surface area (TPSA) is 27.0 Å². The highest BCUT2D eigenvalue weighted by Crippen LogP contribution is 2.40. The van der Waals surface area contributed by atoms with E-state index in [4.69, 9.17) is 5.26 Å². The van der Waals surface area contributed by atoms with Crippen molar-refractivity contribution in [3.8, 4) is 6.19 Å². The molecule has 2 atom stereocenters. The second-order valence-electron chi connectivity index (χ2n) is 4.85. The minimum absolute atomic E-state index is 0.466. The van der Waals surface area contributed by atoms with Crippen molar-refractivity contribution in [3.05, 3.63) is 35.4 Å². The van der Waals surface area contributed by atoms with E-state index in [1.807, 2.05) is 4.90 Å². The molecule has 2 nitrogen and oxygen atoms in total. The summed E-state index contributed by atoms with van der Waals surface area (Å²) in [4.78, 5) is 2.00. The molecule has 0 spiro atoms. The minimum Gasteiger partial charge on any atom is -0.307 e. The molecule has 1 aromatic carbocycles. The van der Waals surface area contributed by atoms with Crippen LogP contribution in [0.4, 0.5) is 0 Å². The van der Waals surface area contributed by atoms with Crippen LogP contribution >= 0.6 is 0 Å². The molecule has 0 amide bonds. The second-order valence-corrected chi connectivity index (χ2v) is 4.85. The Hall–Kier alpha value is -1.49. The van der Waals surface area contributed by atoms with E-state index in [9.17, 15) is 0 Å². The maximum atomic E-state index is 9.15. The van der Waals surface area contributed by atoms with Gasteiger partial charge in [-0.2, -0.15) is 5.26 Å². The molecule has 0 bridgehead atoms. The van der Waals surface area contributed by atoms with Gasteiger partial charge in [0, 0.05) is 18.5 Å². The van der Waals surface area contributed by atoms with Gasteiger partial charge in [-0.05, 0) is 36.8 Å². The lowest BCUT2D eigenvalue weighted by atomic mass is 9.74. The van der Waals surface area contributed by atoms with Gasteiger partial charge in [-0.25, -0.2) is 0 Å². The van der Waals surface area contributed by atoms with E-state index in [2.05, 4.69) is 30.5 Å². The Balaban J connectivity index is 1.98. The number of hydrogen-bond acceptors (Lipinski definition) is 2. The third-order valence-electron chi connectivity index (χ3n) is 4.07. The molecule has 0 saturated carbocycles. The molecule has 0 N–H and O–H groups in total. The number of piperidine rings is 1. The summed E-state index contributed by atoms with van der Waals surface area (Å²) in [5, 5.41) is 9.15. The summed E-state index contributed by atoms with van der Waals surface area (Å²) < 4.78 is 0. The van der Waals surface area contributed by atoms with Crippen molar-refractivity contribution in [1.29, 1.82) is 5.26 Å². The number of rotatable bonds is 0. The van der Waals surface area contributed by atoms with Crippen LogP contribution < -0.4 is 0 Å². The van der Waals surface area contributed by atoms with Gasteiger partial charge in [-0.1, -0.05) is 24.3 Å². The predicted octanol–water partition coefficient (Wildman–Crippen LogP) is 2.66. The Kier molecular flexibility index (Phi) is 2.32. The molecule has 82 valence electrons. The zero-order chi connectivity index (χ0) is 11.0. The third kappa shape index (κ3) is 1.39. The van der Waals surface area contributed by atoms with Crippen LogP contribution in [0.25, 0.3) is 0 Å². The van der Waals surface area contributed by atoms with Gasteiger partial charge in [0.25, 0.3) is 0 Å². The molecule has 2 heteroatoms. The van der Waals surface area contributed by atoms with Crippen LogP contribution in [-0.2, 0) is 6.42 Å². The first-order valence-electron chi connectivity index (χ1n) is 6.14. The van der Waals surface area contributed by atoms with Crippen molar-refractivity contribution in [2.75, 3.05) is 6.54 Å². The molecular weight excluding hydrogens is 196 g/mol. The Morgan fingerprint density at radius 1 is 1.25 bits per heavy atom. The van der Waals surface area contributed by atoms with E-state index in [0.717, 1.165) is 25.8 Å². The van der Waals surface area contributed by atoms with Gasteiger partial charge in [-0.3, -0.25) is 0 Å². The zero-order valence-electron chi connectivity index (χ0n) is 9.39. The monoisotopic (exact) mass is 212 g/mol. The summed E-state index contributed by atoms with van der Waals surface area (Å²) in [6.07, 6.45) is 7.06. The zero-order valence-corrected chi connectivity index (χ0v) is 9.39. The lowest BCUT2D eigenvalue weighted by Gasteiger charge is -2.42. The van der Waals surface area contributed by atoms with E-state index in [-0.39, 0.29) is 0 Å². The molecule has 2 aliphatic rings. The van der Waals surface area contributed by atoms with Gasteiger partial charge in [-0.15, -0.1) is 0 Å². The molecule has 1 aliphatic heterocycles. The van der Waals surface area contributed by atoms with E-state index >= 15 is 0 Å². The molecule has 0 aromatic heterocycles. The van der Waals surface area contributed by atoms with Crippen molar-refractivity contribution in [3.63, 3.8) is 0 Å². The van der Waals surface area contributed by atoms with Gasteiger partial charge >= 0.3 is 0 Å². The number of nitrogens with zero attached hydrogens (tertiary/aromatic N) is 2. The molecular formula is C14H16N2. The average molecular weight is 212 g/mol. The van der Waals surface area contributed by atoms with Crippen LogP contribution in [0.5, 0.6) is 0 Å². The summed E-state index contributed by atoms with van der Waals surface area (Å²) >= 11 is 0. The third-order valence-corrected chi connectivity index (χ3v) is 4.07. The molecule has 1 saturated heterocycles. The fourth-order valence-corrected chi connectivity index (χ4v) is 3.33. The summed E-state index contributed by atoms with van der Waals surface area (Å²) in [5.74, 6) is 0.596. The van der Waals surface area contributed by atoms with Crippen LogP contribution in [-0.4, -0.2) is 17.5 Å². The lowest BCUT2D eigenvalue weighted by molar-refractivity contribution is 0.176. The number of hydrogen-bond donors (Lipinski definition) is 0. The molecule has 1 aromatic rings. The minimum atomic E-state index is 0.466. The normalized spacial score (nSPS) is 27.8. The van der Waals surface area contributed by atoms with E-state index < -0.39 is 0 Å². The number of likely N-dealkylation sites (tertiary alicyclic amines) is 1. The van der Waals surface area contributed by atoms with Crippen molar-refractivity contribution >= 4 is 0 Å². The fourth-order valence-electron chi connectivity index (χ4n) is 3.33. The Bertz CT molecular complexity index is 433. The summed E-state index contributed by atoms with van der Waals surface area (Å²) in [5.41, 5.74) is 3.00. The van der Waals surface area contributed by atoms with E-state index in [1.54, 1.807) is 0 Å². The van der Waals surface area contributed by atoms with Crippen molar-refractivity contribution in [1.82, 2.24) is 4.90 Å². The van der Waals surface area contributed by atoms with E-state index in [1.165, 1.54) is 17.5 Å². The standard InChI is InChI=1S/C14H16N2/c15-10-16-9-3-6-13-12-5-2-1-4-11(12)7-8-14(13)16/h1-2,4-5,13-14H,3,6-9H2/t13-,14+/m1/s1. The molecule has 0 unspecified atom stereocenters. The largest absolute Gasteiger partial charge is 0.307 e. The van der Waals surface area contributed by atoms with E-state index in [0.29, 0.717) is 12.0 Å². The van der Waals surface area contributed by atoms with Gasteiger partial charge in [0.05, 0.1) is 0 Å². The molecule has 1 heterocycles. The van der Waals surface area contributed by atoms with Crippen molar-refractivity contribution < 1.29 is 0 Å². The summed E-state index contributed by atoms with van der Waals surface area (Å²) in [7, 11) is 0. The molecule has 16 heavy (non-hydrogen) atoms. The van der Waals surface area contributed by atoms with Gasteiger partial charge in [0.2, 0.25) is 0 Å². The van der Waals surface area contributed by atoms with Crippen LogP contribution in [0.1, 0.15) is 36.3 Å². The number of benzene rings is 1.